The fraction of sp³-hybridized carbons (Fsp3) is 0.0141. The topological polar surface area (TPSA) is 8.17 Å². The third-order valence-electron chi connectivity index (χ3n) is 15.3. The first kappa shape index (κ1) is 42.4. The van der Waals surface area contributed by atoms with Gasteiger partial charge in [-0.1, -0.05) is 237 Å². The average Bonchev–Trinajstić information content (AvgIpc) is 3.99. The van der Waals surface area contributed by atoms with E-state index in [1.54, 1.807) is 0 Å². The Labute approximate surface area is 426 Å². The molecule has 0 aliphatic heterocycles. The van der Waals surface area contributed by atoms with Gasteiger partial charge in [0.2, 0.25) is 0 Å². The van der Waals surface area contributed by atoms with Crippen LogP contribution in [0.15, 0.2) is 291 Å². The van der Waals surface area contributed by atoms with Crippen LogP contribution in [0.3, 0.4) is 0 Å². The van der Waals surface area contributed by atoms with Crippen molar-refractivity contribution in [1.82, 2.24) is 4.57 Å². The first-order chi connectivity index (χ1) is 36.2. The van der Waals surface area contributed by atoms with E-state index in [4.69, 9.17) is 0 Å². The van der Waals surface area contributed by atoms with Crippen molar-refractivity contribution >= 4 is 49.6 Å². The second-order valence-corrected chi connectivity index (χ2v) is 19.2. The number of para-hydroxylation sites is 2. The molecule has 0 spiro atoms. The molecule has 0 bridgehead atoms. The van der Waals surface area contributed by atoms with Crippen LogP contribution in [0.25, 0.3) is 82.8 Å². The molecule has 0 N–H and O–H groups in total. The minimum atomic E-state index is -0.532. The summed E-state index contributed by atoms with van der Waals surface area (Å²) < 4.78 is 2.40. The maximum atomic E-state index is 2.47. The quantitative estimate of drug-likeness (QED) is 0.140. The average molecular weight is 929 g/mol. The second-order valence-electron chi connectivity index (χ2n) is 19.2. The van der Waals surface area contributed by atoms with Crippen LogP contribution in [-0.4, -0.2) is 4.57 Å². The Kier molecular flexibility index (Phi) is 10.1. The standard InChI is InChI=1S/C71H48N2/c1-4-20-50(21-5-1)59-33-17-22-52-23-18-34-60(69(52)59)51-42-46-57(47-43-51)72(56-44-40-49(41-45-56)53-24-16-29-58(48-53)73-66-37-14-11-30-61(66)62-31-12-15-38-67(62)73)68-39-19-36-65-70(68)63-32-10-13-35-64(63)71(65,54-25-6-2-7-26-54)55-27-8-3-9-28-55/h1-48H. The number of aromatic nitrogens is 1. The maximum absolute atomic E-state index is 2.47. The Morgan fingerprint density at radius 1 is 0.315 bits per heavy atom. The van der Waals surface area contributed by atoms with Gasteiger partial charge >= 0.3 is 0 Å². The molecule has 0 unspecified atom stereocenters. The Morgan fingerprint density at radius 3 is 1.41 bits per heavy atom. The van der Waals surface area contributed by atoms with E-state index < -0.39 is 5.41 Å². The molecule has 1 aliphatic carbocycles. The van der Waals surface area contributed by atoms with Crippen LogP contribution >= 0.6 is 0 Å². The highest BCUT2D eigenvalue weighted by Crippen LogP contribution is 2.59. The van der Waals surface area contributed by atoms with Crippen molar-refractivity contribution in [3.8, 4) is 50.2 Å². The first-order valence-electron chi connectivity index (χ1n) is 25.3. The third-order valence-corrected chi connectivity index (χ3v) is 15.3. The minimum Gasteiger partial charge on any atom is -0.310 e. The lowest BCUT2D eigenvalue weighted by atomic mass is 9.68. The van der Waals surface area contributed by atoms with E-state index >= 15 is 0 Å². The zero-order valence-electron chi connectivity index (χ0n) is 40.1. The summed E-state index contributed by atoms with van der Waals surface area (Å²) in [6, 6.07) is 107. The molecule has 2 nitrogen and oxygen atoms in total. The van der Waals surface area contributed by atoms with Crippen molar-refractivity contribution in [2.75, 3.05) is 4.90 Å². The van der Waals surface area contributed by atoms with Gasteiger partial charge in [-0.15, -0.1) is 0 Å². The zero-order chi connectivity index (χ0) is 48.3. The lowest BCUT2D eigenvalue weighted by Gasteiger charge is -2.34. The molecule has 0 saturated carbocycles. The summed E-state index contributed by atoms with van der Waals surface area (Å²) in [7, 11) is 0. The van der Waals surface area contributed by atoms with Crippen LogP contribution in [-0.2, 0) is 5.41 Å². The maximum Gasteiger partial charge on any atom is 0.0714 e. The molecule has 1 heterocycles. The number of hydrogen-bond donors (Lipinski definition) is 0. The van der Waals surface area contributed by atoms with Gasteiger partial charge in [-0.2, -0.15) is 0 Å². The Bertz CT molecular complexity index is 4070. The van der Waals surface area contributed by atoms with Gasteiger partial charge in [0.15, 0.2) is 0 Å². The van der Waals surface area contributed by atoms with Gasteiger partial charge < -0.3 is 9.47 Å². The Hall–Kier alpha value is -9.50. The van der Waals surface area contributed by atoms with Crippen molar-refractivity contribution in [2.45, 2.75) is 5.41 Å². The minimum absolute atomic E-state index is 0.532. The van der Waals surface area contributed by atoms with E-state index in [-0.39, 0.29) is 0 Å². The van der Waals surface area contributed by atoms with Crippen molar-refractivity contribution in [2.24, 2.45) is 0 Å². The van der Waals surface area contributed by atoms with Crippen LogP contribution in [0.2, 0.25) is 0 Å². The second kappa shape index (κ2) is 17.4. The molecule has 342 valence electrons. The van der Waals surface area contributed by atoms with Gasteiger partial charge in [0.25, 0.3) is 0 Å². The van der Waals surface area contributed by atoms with Gasteiger partial charge in [-0.05, 0) is 127 Å². The van der Waals surface area contributed by atoms with Gasteiger partial charge in [0.05, 0.1) is 22.1 Å². The van der Waals surface area contributed by atoms with E-state index in [0.29, 0.717) is 0 Å². The molecule has 0 amide bonds. The van der Waals surface area contributed by atoms with E-state index in [0.717, 1.165) is 33.9 Å². The molecule has 2 heteroatoms. The van der Waals surface area contributed by atoms with E-state index in [9.17, 15) is 0 Å². The predicted molar refractivity (Wildman–Crippen MR) is 307 cm³/mol. The van der Waals surface area contributed by atoms with Crippen molar-refractivity contribution in [1.29, 1.82) is 0 Å². The largest absolute Gasteiger partial charge is 0.310 e. The summed E-state index contributed by atoms with van der Waals surface area (Å²) in [5.74, 6) is 0. The van der Waals surface area contributed by atoms with E-state index in [1.807, 2.05) is 0 Å². The number of nitrogens with zero attached hydrogens (tertiary/aromatic N) is 2. The normalized spacial score (nSPS) is 12.5. The highest BCUT2D eigenvalue weighted by molar-refractivity contribution is 6.10. The molecular weight excluding hydrogens is 881 g/mol. The summed E-state index contributed by atoms with van der Waals surface area (Å²) in [6.07, 6.45) is 0. The fourth-order valence-electron chi connectivity index (χ4n) is 12.1. The van der Waals surface area contributed by atoms with Gasteiger partial charge in [0, 0.05) is 33.4 Å². The summed E-state index contributed by atoms with van der Waals surface area (Å²) in [6.45, 7) is 0. The Morgan fingerprint density at radius 2 is 0.781 bits per heavy atom. The van der Waals surface area contributed by atoms with Gasteiger partial charge in [-0.25, -0.2) is 0 Å². The Balaban J connectivity index is 0.944. The summed E-state index contributed by atoms with van der Waals surface area (Å²) in [4.78, 5) is 2.47. The number of rotatable bonds is 9. The van der Waals surface area contributed by atoms with Gasteiger partial charge in [-0.3, -0.25) is 0 Å². The molecule has 14 rings (SSSR count). The van der Waals surface area contributed by atoms with Crippen LogP contribution in [0.1, 0.15) is 22.3 Å². The van der Waals surface area contributed by atoms with Crippen LogP contribution in [0, 0.1) is 0 Å². The summed E-state index contributed by atoms with van der Waals surface area (Å²) in [5.41, 5.74) is 21.0. The molecule has 1 aliphatic rings. The fourth-order valence-corrected chi connectivity index (χ4v) is 12.1. The summed E-state index contributed by atoms with van der Waals surface area (Å²) in [5, 5.41) is 5.00. The smallest absolute Gasteiger partial charge is 0.0714 e. The lowest BCUT2D eigenvalue weighted by molar-refractivity contribution is 0.768. The molecule has 12 aromatic carbocycles. The third kappa shape index (κ3) is 6.79. The van der Waals surface area contributed by atoms with Crippen molar-refractivity contribution < 1.29 is 0 Å². The van der Waals surface area contributed by atoms with Crippen LogP contribution < -0.4 is 4.90 Å². The molecule has 0 atom stereocenters. The highest BCUT2D eigenvalue weighted by atomic mass is 15.1. The summed E-state index contributed by atoms with van der Waals surface area (Å²) >= 11 is 0. The number of anilines is 3. The zero-order valence-corrected chi connectivity index (χ0v) is 40.1. The molecule has 13 aromatic rings. The van der Waals surface area contributed by atoms with E-state index in [2.05, 4.69) is 301 Å². The van der Waals surface area contributed by atoms with Crippen LogP contribution in [0.4, 0.5) is 17.1 Å². The van der Waals surface area contributed by atoms with E-state index in [1.165, 1.54) is 88.2 Å². The SMILES string of the molecule is c1ccc(-c2cccc3cccc(-c4ccc(N(c5ccc(-c6cccc(-n7c8ccccc8c8ccccc87)c6)cc5)c5cccc6c5-c5ccccc5C6(c5ccccc5)c5ccccc5)cc4)c23)cc1. The lowest BCUT2D eigenvalue weighted by Crippen LogP contribution is -2.28. The molecular formula is C71H48N2. The predicted octanol–water partition coefficient (Wildman–Crippen LogP) is 18.8. The number of fused-ring (bicyclic) bond motifs is 7. The van der Waals surface area contributed by atoms with Crippen molar-refractivity contribution in [3.05, 3.63) is 313 Å². The highest BCUT2D eigenvalue weighted by Gasteiger charge is 2.47. The first-order valence-corrected chi connectivity index (χ1v) is 25.3. The van der Waals surface area contributed by atoms with Crippen molar-refractivity contribution in [3.63, 3.8) is 0 Å². The molecule has 0 saturated heterocycles. The number of hydrogen-bond acceptors (Lipinski definition) is 1. The molecule has 1 aromatic heterocycles. The molecule has 0 fully saturated rings. The van der Waals surface area contributed by atoms with Gasteiger partial charge in [0.1, 0.15) is 0 Å². The monoisotopic (exact) mass is 928 g/mol. The molecule has 0 radical (unpaired) electrons. The molecule has 73 heavy (non-hydrogen) atoms. The number of benzene rings is 12. The van der Waals surface area contributed by atoms with Crippen LogP contribution in [0.5, 0.6) is 0 Å².